The van der Waals surface area contributed by atoms with Crippen LogP contribution in [0.5, 0.6) is 0 Å². The second-order valence-electron chi connectivity index (χ2n) is 5.07. The molecule has 0 saturated carbocycles. The van der Waals surface area contributed by atoms with E-state index in [-0.39, 0.29) is 0 Å². The maximum atomic E-state index is 6.15. The summed E-state index contributed by atoms with van der Waals surface area (Å²) in [7, 11) is -1.19. The van der Waals surface area contributed by atoms with E-state index < -0.39 is 9.04 Å². The first-order chi connectivity index (χ1) is 8.90. The Morgan fingerprint density at radius 1 is 1.11 bits per heavy atom. The molecule has 1 aliphatic heterocycles. The molecule has 1 saturated heterocycles. The summed E-state index contributed by atoms with van der Waals surface area (Å²) in [6.45, 7) is 3.23. The molecule has 1 atom stereocenters. The van der Waals surface area contributed by atoms with Gasteiger partial charge in [0.15, 0.2) is 0 Å². The van der Waals surface area contributed by atoms with Crippen LogP contribution < -0.4 is 5.19 Å². The van der Waals surface area contributed by atoms with Crippen molar-refractivity contribution in [1.29, 1.82) is 0 Å². The molecular weight excluding hydrogens is 236 g/mol. The Bertz CT molecular complexity index is 544. The van der Waals surface area contributed by atoms with E-state index in [1.807, 2.05) is 0 Å². The van der Waals surface area contributed by atoms with Crippen molar-refractivity contribution in [3.05, 3.63) is 42.0 Å². The molecule has 0 bridgehead atoms. The molecule has 0 aromatic heterocycles. The summed E-state index contributed by atoms with van der Waals surface area (Å²) < 4.78 is 6.15. The number of benzene rings is 2. The molecule has 0 amide bonds. The van der Waals surface area contributed by atoms with Gasteiger partial charge in [0, 0.05) is 6.61 Å². The van der Waals surface area contributed by atoms with Crippen molar-refractivity contribution in [2.45, 2.75) is 32.2 Å². The molecule has 3 rings (SSSR count). The molecule has 2 aromatic rings. The van der Waals surface area contributed by atoms with E-state index in [1.165, 1.54) is 35.2 Å². The zero-order valence-corrected chi connectivity index (χ0v) is 12.1. The lowest BCUT2D eigenvalue weighted by atomic mass is 10.1. The Morgan fingerprint density at radius 2 is 2.00 bits per heavy atom. The lowest BCUT2D eigenvalue weighted by molar-refractivity contribution is 0.294. The SMILES string of the molecule is CCc1ccc2ccccc2c1[SiH]1CCCCO1. The molecule has 0 spiro atoms. The van der Waals surface area contributed by atoms with Crippen molar-refractivity contribution in [2.75, 3.05) is 6.61 Å². The van der Waals surface area contributed by atoms with Crippen LogP contribution in [0.2, 0.25) is 6.04 Å². The highest BCUT2D eigenvalue weighted by atomic mass is 28.3. The minimum Gasteiger partial charge on any atom is -0.415 e. The number of rotatable bonds is 2. The molecule has 1 unspecified atom stereocenters. The third-order valence-corrected chi connectivity index (χ3v) is 6.84. The molecule has 0 radical (unpaired) electrons. The first kappa shape index (κ1) is 11.9. The highest BCUT2D eigenvalue weighted by Gasteiger charge is 2.22. The lowest BCUT2D eigenvalue weighted by Crippen LogP contribution is -2.39. The molecular formula is C16H20OSi. The van der Waals surface area contributed by atoms with Gasteiger partial charge in [0.05, 0.1) is 0 Å². The Kier molecular flexibility index (Phi) is 3.48. The Morgan fingerprint density at radius 3 is 2.78 bits per heavy atom. The summed E-state index contributed by atoms with van der Waals surface area (Å²) in [5.74, 6) is 0. The maximum absolute atomic E-state index is 6.15. The van der Waals surface area contributed by atoms with Crippen LogP contribution in [0.1, 0.15) is 25.3 Å². The maximum Gasteiger partial charge on any atom is 0.209 e. The number of hydrogen-bond acceptors (Lipinski definition) is 1. The van der Waals surface area contributed by atoms with Gasteiger partial charge in [-0.1, -0.05) is 49.7 Å². The average Bonchev–Trinajstić information content (AvgIpc) is 2.47. The van der Waals surface area contributed by atoms with Gasteiger partial charge in [-0.15, -0.1) is 0 Å². The summed E-state index contributed by atoms with van der Waals surface area (Å²) in [5, 5.41) is 4.39. The van der Waals surface area contributed by atoms with E-state index in [0.717, 1.165) is 13.0 Å². The third kappa shape index (κ3) is 2.11. The fourth-order valence-electron chi connectivity index (χ4n) is 3.00. The highest BCUT2D eigenvalue weighted by molar-refractivity contribution is 6.70. The minimum absolute atomic E-state index is 0.975. The highest BCUT2D eigenvalue weighted by Crippen LogP contribution is 2.19. The van der Waals surface area contributed by atoms with Gasteiger partial charge < -0.3 is 4.43 Å². The monoisotopic (exact) mass is 256 g/mol. The second-order valence-corrected chi connectivity index (χ2v) is 7.53. The van der Waals surface area contributed by atoms with Crippen LogP contribution in [-0.2, 0) is 10.8 Å². The van der Waals surface area contributed by atoms with Gasteiger partial charge in [-0.2, -0.15) is 0 Å². The summed E-state index contributed by atoms with van der Waals surface area (Å²) in [4.78, 5) is 0. The van der Waals surface area contributed by atoms with E-state index in [4.69, 9.17) is 4.43 Å². The standard InChI is InChI=1S/C16H20OSi/c1-2-13-9-10-14-7-3-4-8-15(14)16(13)18-12-6-5-11-17-18/h3-4,7-10,18H,2,5-6,11-12H2,1H3. The summed E-state index contributed by atoms with van der Waals surface area (Å²) in [5.41, 5.74) is 1.51. The van der Waals surface area contributed by atoms with Crippen molar-refractivity contribution >= 4 is 25.0 Å². The van der Waals surface area contributed by atoms with Crippen molar-refractivity contribution in [3.8, 4) is 0 Å². The zero-order valence-electron chi connectivity index (χ0n) is 11.0. The van der Waals surface area contributed by atoms with Crippen LogP contribution in [0.3, 0.4) is 0 Å². The molecule has 0 aliphatic carbocycles. The molecule has 2 aromatic carbocycles. The van der Waals surface area contributed by atoms with Crippen LogP contribution in [0, 0.1) is 0 Å². The van der Waals surface area contributed by atoms with Crippen molar-refractivity contribution in [2.24, 2.45) is 0 Å². The molecule has 1 heterocycles. The number of aryl methyl sites for hydroxylation is 1. The summed E-state index contributed by atoms with van der Waals surface area (Å²) in [6.07, 6.45) is 3.71. The molecule has 94 valence electrons. The molecule has 2 heteroatoms. The van der Waals surface area contributed by atoms with Gasteiger partial charge in [-0.3, -0.25) is 0 Å². The smallest absolute Gasteiger partial charge is 0.209 e. The quantitative estimate of drug-likeness (QED) is 0.750. The van der Waals surface area contributed by atoms with E-state index in [1.54, 1.807) is 5.19 Å². The van der Waals surface area contributed by atoms with Gasteiger partial charge in [-0.25, -0.2) is 0 Å². The van der Waals surface area contributed by atoms with Crippen LogP contribution in [0.4, 0.5) is 0 Å². The molecule has 1 nitrogen and oxygen atoms in total. The van der Waals surface area contributed by atoms with E-state index in [0.29, 0.717) is 0 Å². The molecule has 1 aliphatic rings. The van der Waals surface area contributed by atoms with Gasteiger partial charge in [0.1, 0.15) is 0 Å². The Balaban J connectivity index is 2.16. The zero-order chi connectivity index (χ0) is 12.4. The van der Waals surface area contributed by atoms with Crippen LogP contribution in [0.25, 0.3) is 10.8 Å². The molecule has 18 heavy (non-hydrogen) atoms. The Labute approximate surface area is 111 Å². The van der Waals surface area contributed by atoms with Gasteiger partial charge in [-0.05, 0) is 40.4 Å². The first-order valence-corrected chi connectivity index (χ1v) is 8.89. The summed E-state index contributed by atoms with van der Waals surface area (Å²) in [6, 6.07) is 14.6. The first-order valence-electron chi connectivity index (χ1n) is 7.02. The Hall–Kier alpha value is -1.12. The topological polar surface area (TPSA) is 9.23 Å². The van der Waals surface area contributed by atoms with Gasteiger partial charge in [0.25, 0.3) is 0 Å². The van der Waals surface area contributed by atoms with Crippen LogP contribution >= 0.6 is 0 Å². The lowest BCUT2D eigenvalue weighted by Gasteiger charge is -2.25. The van der Waals surface area contributed by atoms with Crippen molar-refractivity contribution in [3.63, 3.8) is 0 Å². The molecule has 0 N–H and O–H groups in total. The van der Waals surface area contributed by atoms with E-state index in [2.05, 4.69) is 43.3 Å². The normalized spacial score (nSPS) is 20.2. The van der Waals surface area contributed by atoms with E-state index in [9.17, 15) is 0 Å². The fraction of sp³-hybridized carbons (Fsp3) is 0.375. The number of fused-ring (bicyclic) bond motifs is 1. The second kappa shape index (κ2) is 5.25. The van der Waals surface area contributed by atoms with Gasteiger partial charge in [0.2, 0.25) is 9.04 Å². The van der Waals surface area contributed by atoms with Crippen molar-refractivity contribution in [1.82, 2.24) is 0 Å². The predicted octanol–water partition coefficient (Wildman–Crippen LogP) is 3.14. The minimum atomic E-state index is -1.19. The van der Waals surface area contributed by atoms with Crippen LogP contribution in [-0.4, -0.2) is 15.6 Å². The van der Waals surface area contributed by atoms with E-state index >= 15 is 0 Å². The fourth-order valence-corrected chi connectivity index (χ4v) is 6.05. The molecule has 1 fully saturated rings. The number of hydrogen-bond donors (Lipinski definition) is 0. The van der Waals surface area contributed by atoms with Crippen molar-refractivity contribution < 1.29 is 4.43 Å². The summed E-state index contributed by atoms with van der Waals surface area (Å²) >= 11 is 0. The largest absolute Gasteiger partial charge is 0.415 e. The van der Waals surface area contributed by atoms with Crippen LogP contribution in [0.15, 0.2) is 36.4 Å². The third-order valence-electron chi connectivity index (χ3n) is 3.94. The predicted molar refractivity (Wildman–Crippen MR) is 80.1 cm³/mol. The van der Waals surface area contributed by atoms with Gasteiger partial charge >= 0.3 is 0 Å². The average molecular weight is 256 g/mol.